The molecule has 0 radical (unpaired) electrons. The van der Waals surface area contributed by atoms with Gasteiger partial charge in [-0.2, -0.15) is 8.42 Å². The van der Waals surface area contributed by atoms with Crippen LogP contribution in [-0.2, 0) is 20.2 Å². The fraction of sp³-hybridized carbons (Fsp3) is 0.240. The molecular weight excluding hydrogens is 488 g/mol. The molecule has 2 aromatic rings. The van der Waals surface area contributed by atoms with Crippen molar-refractivity contribution in [3.05, 3.63) is 82.5 Å². The molecule has 0 saturated heterocycles. The zero-order valence-electron chi connectivity index (χ0n) is 19.9. The van der Waals surface area contributed by atoms with Gasteiger partial charge in [0.05, 0.1) is 10.6 Å². The highest BCUT2D eigenvalue weighted by Gasteiger charge is 2.24. The topological polar surface area (TPSA) is 136 Å². The summed E-state index contributed by atoms with van der Waals surface area (Å²) in [5, 5.41) is 3.25. The van der Waals surface area contributed by atoms with Gasteiger partial charge in [-0.15, -0.1) is 0 Å². The van der Waals surface area contributed by atoms with Gasteiger partial charge in [0.2, 0.25) is 0 Å². The van der Waals surface area contributed by atoms with E-state index in [4.69, 9.17) is 0 Å². The van der Waals surface area contributed by atoms with E-state index in [-0.39, 0.29) is 5.56 Å². The first kappa shape index (κ1) is 26.6. The summed E-state index contributed by atoms with van der Waals surface area (Å²) in [6.45, 7) is 9.00. The van der Waals surface area contributed by atoms with Crippen LogP contribution in [-0.4, -0.2) is 44.7 Å². The molecule has 2 N–H and O–H groups in total. The molecule has 0 saturated carbocycles. The summed E-state index contributed by atoms with van der Waals surface area (Å²) >= 11 is 0. The maximum absolute atomic E-state index is 12.3. The van der Waals surface area contributed by atoms with Crippen molar-refractivity contribution in [2.75, 3.05) is 18.4 Å². The van der Waals surface area contributed by atoms with E-state index in [1.807, 2.05) is 58.0 Å². The first-order chi connectivity index (χ1) is 16.4. The smallest absolute Gasteiger partial charge is 0.295 e. The summed E-state index contributed by atoms with van der Waals surface area (Å²) in [5.41, 5.74) is 5.25. The number of aryl methyl sites for hydroxylation is 1. The van der Waals surface area contributed by atoms with Crippen LogP contribution in [0.2, 0.25) is 0 Å². The molecule has 0 fully saturated rings. The van der Waals surface area contributed by atoms with Gasteiger partial charge in [0.15, 0.2) is 0 Å². The predicted molar refractivity (Wildman–Crippen MR) is 136 cm³/mol. The van der Waals surface area contributed by atoms with E-state index in [1.54, 1.807) is 6.08 Å². The van der Waals surface area contributed by atoms with Gasteiger partial charge in [0.25, 0.3) is 10.1 Å². The Labute approximate surface area is 206 Å². The van der Waals surface area contributed by atoms with Crippen LogP contribution in [0, 0.1) is 6.92 Å². The number of benzene rings is 2. The largest absolute Gasteiger partial charge is 0.744 e. The molecule has 0 atom stereocenters. The van der Waals surface area contributed by atoms with E-state index >= 15 is 0 Å². The normalized spacial score (nSPS) is 16.9. The van der Waals surface area contributed by atoms with Gasteiger partial charge in [0, 0.05) is 24.3 Å². The van der Waals surface area contributed by atoms with Gasteiger partial charge in [0.1, 0.15) is 15.0 Å². The van der Waals surface area contributed by atoms with Crippen molar-refractivity contribution < 1.29 is 25.9 Å². The van der Waals surface area contributed by atoms with Crippen molar-refractivity contribution in [2.24, 2.45) is 4.99 Å². The minimum Gasteiger partial charge on any atom is -0.744 e. The second-order valence-corrected chi connectivity index (χ2v) is 10.8. The molecule has 8 nitrogen and oxygen atoms in total. The standard InChI is InChI=1S/C25H28N2O6S2/c1-5-26-22-11-7-18(13-16(22)3)25(19-8-12-23(27-6-2)17(4)14-19)21-10-9-20(34(28,29)30)15-24(21)35(31,32)33/h7-15,26H,5-6H2,1-4H3,(H,28,29,30)(H,31,32,33)/p-1. The number of rotatable bonds is 7. The number of hydrogen-bond acceptors (Lipinski definition) is 7. The Morgan fingerprint density at radius 1 is 1.03 bits per heavy atom. The van der Waals surface area contributed by atoms with Gasteiger partial charge in [-0.25, -0.2) is 8.42 Å². The average molecular weight is 516 g/mol. The van der Waals surface area contributed by atoms with Crippen LogP contribution >= 0.6 is 0 Å². The summed E-state index contributed by atoms with van der Waals surface area (Å²) in [4.78, 5) is 3.02. The molecule has 10 heteroatoms. The average Bonchev–Trinajstić information content (AvgIpc) is 2.76. The monoisotopic (exact) mass is 515 g/mol. The van der Waals surface area contributed by atoms with E-state index in [0.29, 0.717) is 29.3 Å². The second-order valence-electron chi connectivity index (χ2n) is 8.00. The summed E-state index contributed by atoms with van der Waals surface area (Å²) in [6, 6.07) is 8.52. The maximum atomic E-state index is 12.3. The van der Waals surface area contributed by atoms with E-state index in [9.17, 15) is 25.9 Å². The highest BCUT2D eigenvalue weighted by Crippen LogP contribution is 2.36. The van der Waals surface area contributed by atoms with E-state index < -0.39 is 30.0 Å². The number of allylic oxidation sites excluding steroid dienone is 5. The van der Waals surface area contributed by atoms with Crippen molar-refractivity contribution in [1.82, 2.24) is 0 Å². The molecule has 186 valence electrons. The molecule has 0 amide bonds. The summed E-state index contributed by atoms with van der Waals surface area (Å²) in [6.07, 6.45) is 5.46. The number of hydrogen-bond donors (Lipinski definition) is 2. The predicted octanol–water partition coefficient (Wildman–Crippen LogP) is 4.36. The van der Waals surface area contributed by atoms with Gasteiger partial charge >= 0.3 is 0 Å². The molecule has 1 aliphatic rings. The Balaban J connectivity index is 2.41. The Morgan fingerprint density at radius 2 is 1.74 bits per heavy atom. The van der Waals surface area contributed by atoms with E-state index in [1.165, 1.54) is 6.07 Å². The minimum absolute atomic E-state index is 0.0649. The number of aliphatic imine (C=N–C) groups is 1. The van der Waals surface area contributed by atoms with Crippen LogP contribution in [0.1, 0.15) is 37.5 Å². The van der Waals surface area contributed by atoms with Crippen molar-refractivity contribution in [3.8, 4) is 0 Å². The molecule has 0 heterocycles. The molecule has 0 aromatic heterocycles. The summed E-state index contributed by atoms with van der Waals surface area (Å²) in [7, 11) is -9.84. The van der Waals surface area contributed by atoms with Crippen LogP contribution in [0.4, 0.5) is 5.69 Å². The summed E-state index contributed by atoms with van der Waals surface area (Å²) < 4.78 is 69.3. The van der Waals surface area contributed by atoms with Crippen LogP contribution in [0.15, 0.2) is 80.6 Å². The first-order valence-electron chi connectivity index (χ1n) is 10.9. The summed E-state index contributed by atoms with van der Waals surface area (Å²) in [5.74, 6) is 0. The molecule has 0 aliphatic heterocycles. The zero-order chi connectivity index (χ0) is 26.0. The molecule has 1 aliphatic carbocycles. The van der Waals surface area contributed by atoms with Crippen molar-refractivity contribution in [2.45, 2.75) is 37.5 Å². The third-order valence-electron chi connectivity index (χ3n) is 5.49. The number of nitrogens with zero attached hydrogens (tertiary/aromatic N) is 1. The fourth-order valence-electron chi connectivity index (χ4n) is 3.92. The Morgan fingerprint density at radius 3 is 2.29 bits per heavy atom. The highest BCUT2D eigenvalue weighted by atomic mass is 32.2. The second kappa shape index (κ2) is 10.3. The lowest BCUT2D eigenvalue weighted by Crippen LogP contribution is -2.09. The lowest BCUT2D eigenvalue weighted by Gasteiger charge is -2.20. The third-order valence-corrected chi connectivity index (χ3v) is 7.21. The lowest BCUT2D eigenvalue weighted by molar-refractivity contribution is 0.462. The van der Waals surface area contributed by atoms with Crippen LogP contribution < -0.4 is 5.32 Å². The highest BCUT2D eigenvalue weighted by molar-refractivity contribution is 7.86. The zero-order valence-corrected chi connectivity index (χ0v) is 21.5. The van der Waals surface area contributed by atoms with Gasteiger partial charge in [-0.05, 0) is 92.0 Å². The molecule has 3 rings (SSSR count). The molecule has 35 heavy (non-hydrogen) atoms. The number of anilines is 1. The molecule has 0 spiro atoms. The van der Waals surface area contributed by atoms with Crippen molar-refractivity contribution in [1.29, 1.82) is 0 Å². The van der Waals surface area contributed by atoms with Gasteiger partial charge < -0.3 is 9.87 Å². The molecule has 0 unspecified atom stereocenters. The Hall–Kier alpha value is -3.05. The quantitative estimate of drug-likeness (QED) is 0.523. The molecule has 2 aromatic carbocycles. The van der Waals surface area contributed by atoms with Crippen molar-refractivity contribution in [3.63, 3.8) is 0 Å². The van der Waals surface area contributed by atoms with Gasteiger partial charge in [-0.1, -0.05) is 18.2 Å². The first-order valence-corrected chi connectivity index (χ1v) is 13.8. The number of nitrogens with one attached hydrogen (secondary N) is 1. The van der Waals surface area contributed by atoms with Crippen LogP contribution in [0.3, 0.4) is 0 Å². The lowest BCUT2D eigenvalue weighted by atomic mass is 9.88. The minimum atomic E-state index is -4.95. The Bertz CT molecular complexity index is 1500. The van der Waals surface area contributed by atoms with Crippen LogP contribution in [0.25, 0.3) is 5.57 Å². The van der Waals surface area contributed by atoms with Gasteiger partial charge in [-0.3, -0.25) is 9.55 Å². The van der Waals surface area contributed by atoms with E-state index in [2.05, 4.69) is 10.3 Å². The van der Waals surface area contributed by atoms with Crippen molar-refractivity contribution >= 4 is 37.2 Å². The SMILES string of the molecule is CCN=C1C=CC(=C(c2ccc(NCC)c(C)c2)c2ccc(S(=O)(=O)[O-])cc2S(=O)(=O)O)C=C1C. The Kier molecular flexibility index (Phi) is 7.80. The molecular formula is C25H27N2O6S2-. The molecule has 0 bridgehead atoms. The van der Waals surface area contributed by atoms with E-state index in [0.717, 1.165) is 35.1 Å². The fourth-order valence-corrected chi connectivity index (χ4v) is 5.22. The maximum Gasteiger partial charge on any atom is 0.295 e. The van der Waals surface area contributed by atoms with Crippen LogP contribution in [0.5, 0.6) is 0 Å². The third kappa shape index (κ3) is 5.96.